The van der Waals surface area contributed by atoms with Crippen LogP contribution in [0.2, 0.25) is 0 Å². The SMILES string of the molecule is O=S(=O)(c1ccc2oc3c(c2c1)CCNC3)c1cccc2cccnc12. The zero-order valence-corrected chi connectivity index (χ0v) is 14.7. The molecule has 6 heteroatoms. The van der Waals surface area contributed by atoms with E-state index in [-0.39, 0.29) is 9.79 Å². The number of para-hydroxylation sites is 1. The van der Waals surface area contributed by atoms with E-state index in [2.05, 4.69) is 10.3 Å². The Labute approximate surface area is 150 Å². The maximum atomic E-state index is 13.3. The predicted molar refractivity (Wildman–Crippen MR) is 98.8 cm³/mol. The van der Waals surface area contributed by atoms with Crippen LogP contribution in [-0.4, -0.2) is 19.9 Å². The molecule has 1 aliphatic rings. The summed E-state index contributed by atoms with van der Waals surface area (Å²) in [6, 6.07) is 14.0. The van der Waals surface area contributed by atoms with Crippen LogP contribution in [0.15, 0.2) is 68.9 Å². The number of sulfone groups is 1. The summed E-state index contributed by atoms with van der Waals surface area (Å²) in [4.78, 5) is 4.79. The number of hydrogen-bond acceptors (Lipinski definition) is 5. The summed E-state index contributed by atoms with van der Waals surface area (Å²) in [6.45, 7) is 1.55. The molecule has 1 aliphatic heterocycles. The van der Waals surface area contributed by atoms with E-state index in [1.807, 2.05) is 12.1 Å². The van der Waals surface area contributed by atoms with Crippen LogP contribution in [0, 0.1) is 0 Å². The second-order valence-corrected chi connectivity index (χ2v) is 8.34. The third kappa shape index (κ3) is 2.26. The molecule has 0 fully saturated rings. The maximum absolute atomic E-state index is 13.3. The van der Waals surface area contributed by atoms with Crippen LogP contribution in [0.1, 0.15) is 11.3 Å². The Balaban J connectivity index is 1.73. The number of aromatic nitrogens is 1. The van der Waals surface area contributed by atoms with E-state index >= 15 is 0 Å². The summed E-state index contributed by atoms with van der Waals surface area (Å²) in [5, 5.41) is 4.96. The van der Waals surface area contributed by atoms with Crippen LogP contribution in [0.5, 0.6) is 0 Å². The number of hydrogen-bond donors (Lipinski definition) is 1. The zero-order valence-electron chi connectivity index (χ0n) is 13.9. The van der Waals surface area contributed by atoms with Gasteiger partial charge in [0.1, 0.15) is 11.3 Å². The molecule has 5 nitrogen and oxygen atoms in total. The second-order valence-electron chi connectivity index (χ2n) is 6.42. The number of benzene rings is 2. The predicted octanol–water partition coefficient (Wildman–Crippen LogP) is 3.46. The molecule has 0 radical (unpaired) electrons. The van der Waals surface area contributed by atoms with E-state index in [0.717, 1.165) is 40.6 Å². The molecule has 130 valence electrons. The minimum absolute atomic E-state index is 0.231. The molecule has 0 amide bonds. The molecule has 2 aromatic heterocycles. The van der Waals surface area contributed by atoms with Crippen molar-refractivity contribution in [1.29, 1.82) is 0 Å². The van der Waals surface area contributed by atoms with Gasteiger partial charge in [-0.2, -0.15) is 0 Å². The number of furan rings is 1. The Hall–Kier alpha value is -2.70. The van der Waals surface area contributed by atoms with E-state index < -0.39 is 9.84 Å². The average molecular weight is 364 g/mol. The summed E-state index contributed by atoms with van der Waals surface area (Å²) in [6.07, 6.45) is 2.45. The van der Waals surface area contributed by atoms with Crippen molar-refractivity contribution in [3.05, 3.63) is 66.1 Å². The van der Waals surface area contributed by atoms with Gasteiger partial charge >= 0.3 is 0 Å². The summed E-state index contributed by atoms with van der Waals surface area (Å²) in [7, 11) is -3.68. The molecule has 5 rings (SSSR count). The zero-order chi connectivity index (χ0) is 17.7. The van der Waals surface area contributed by atoms with Gasteiger partial charge in [0.05, 0.1) is 21.9 Å². The third-order valence-electron chi connectivity index (χ3n) is 4.88. The van der Waals surface area contributed by atoms with E-state index in [1.165, 1.54) is 0 Å². The fourth-order valence-electron chi connectivity index (χ4n) is 3.60. The molecule has 0 bridgehead atoms. The standard InChI is InChI=1S/C20H16N2O3S/c23-26(24,19-5-1-3-13-4-2-9-22-20(13)19)14-6-7-17-16(11-14)15-8-10-21-12-18(15)25-17/h1-7,9,11,21H,8,10,12H2. The van der Waals surface area contributed by atoms with Gasteiger partial charge < -0.3 is 9.73 Å². The van der Waals surface area contributed by atoms with E-state index in [1.54, 1.807) is 42.6 Å². The summed E-state index contributed by atoms with van der Waals surface area (Å²) in [5.74, 6) is 0.896. The lowest BCUT2D eigenvalue weighted by atomic mass is 10.1. The molecule has 0 atom stereocenters. The largest absolute Gasteiger partial charge is 0.459 e. The third-order valence-corrected chi connectivity index (χ3v) is 6.66. The average Bonchev–Trinajstić information content (AvgIpc) is 3.05. The smallest absolute Gasteiger partial charge is 0.208 e. The van der Waals surface area contributed by atoms with Crippen molar-refractivity contribution < 1.29 is 12.8 Å². The minimum atomic E-state index is -3.68. The van der Waals surface area contributed by atoms with E-state index in [9.17, 15) is 8.42 Å². The van der Waals surface area contributed by atoms with Gasteiger partial charge in [-0.3, -0.25) is 4.98 Å². The lowest BCUT2D eigenvalue weighted by molar-refractivity contribution is 0.488. The van der Waals surface area contributed by atoms with Gasteiger partial charge in [-0.1, -0.05) is 18.2 Å². The molecular weight excluding hydrogens is 348 g/mol. The monoisotopic (exact) mass is 364 g/mol. The molecule has 0 saturated carbocycles. The normalized spacial score (nSPS) is 14.6. The van der Waals surface area contributed by atoms with Gasteiger partial charge in [0.2, 0.25) is 9.84 Å². The first-order chi connectivity index (χ1) is 12.6. The van der Waals surface area contributed by atoms with Crippen LogP contribution in [0.4, 0.5) is 0 Å². The first-order valence-corrected chi connectivity index (χ1v) is 9.97. The molecule has 4 aromatic rings. The highest BCUT2D eigenvalue weighted by Gasteiger charge is 2.24. The number of nitrogens with one attached hydrogen (secondary N) is 1. The van der Waals surface area contributed by atoms with Gasteiger partial charge in [0.15, 0.2) is 0 Å². The molecular formula is C20H16N2O3S. The van der Waals surface area contributed by atoms with Crippen LogP contribution in [-0.2, 0) is 22.8 Å². The van der Waals surface area contributed by atoms with Gasteiger partial charge in [0.25, 0.3) is 0 Å². The first-order valence-electron chi connectivity index (χ1n) is 8.48. The number of fused-ring (bicyclic) bond motifs is 4. The number of nitrogens with zero attached hydrogens (tertiary/aromatic N) is 1. The van der Waals surface area contributed by atoms with Crippen molar-refractivity contribution in [2.75, 3.05) is 6.54 Å². The fourth-order valence-corrected chi connectivity index (χ4v) is 5.05. The summed E-state index contributed by atoms with van der Waals surface area (Å²) >= 11 is 0. The van der Waals surface area contributed by atoms with Crippen molar-refractivity contribution in [3.8, 4) is 0 Å². The summed E-state index contributed by atoms with van der Waals surface area (Å²) in [5.41, 5.74) is 2.33. The van der Waals surface area contributed by atoms with Crippen LogP contribution < -0.4 is 5.32 Å². The Morgan fingerprint density at radius 2 is 1.96 bits per heavy atom. The van der Waals surface area contributed by atoms with Gasteiger partial charge in [-0.05, 0) is 43.3 Å². The first kappa shape index (κ1) is 15.5. The topological polar surface area (TPSA) is 72.2 Å². The molecule has 0 unspecified atom stereocenters. The highest BCUT2D eigenvalue weighted by molar-refractivity contribution is 7.91. The Kier molecular flexibility index (Phi) is 3.38. The molecule has 0 saturated heterocycles. The summed E-state index contributed by atoms with van der Waals surface area (Å²) < 4.78 is 32.5. The second kappa shape index (κ2) is 5.65. The fraction of sp³-hybridized carbons (Fsp3) is 0.150. The lowest BCUT2D eigenvalue weighted by Crippen LogP contribution is -2.22. The van der Waals surface area contributed by atoms with Crippen LogP contribution in [0.3, 0.4) is 0 Å². The number of pyridine rings is 1. The van der Waals surface area contributed by atoms with Gasteiger partial charge in [-0.25, -0.2) is 8.42 Å². The number of rotatable bonds is 2. The van der Waals surface area contributed by atoms with Crippen LogP contribution in [0.25, 0.3) is 21.9 Å². The van der Waals surface area contributed by atoms with Crippen LogP contribution >= 0.6 is 0 Å². The van der Waals surface area contributed by atoms with Crippen molar-refractivity contribution in [2.24, 2.45) is 0 Å². The van der Waals surface area contributed by atoms with E-state index in [4.69, 9.17) is 4.42 Å². The van der Waals surface area contributed by atoms with Gasteiger partial charge in [-0.15, -0.1) is 0 Å². The van der Waals surface area contributed by atoms with Gasteiger partial charge in [0, 0.05) is 22.5 Å². The molecule has 0 spiro atoms. The van der Waals surface area contributed by atoms with Crippen molar-refractivity contribution in [3.63, 3.8) is 0 Å². The highest BCUT2D eigenvalue weighted by atomic mass is 32.2. The Morgan fingerprint density at radius 1 is 1.08 bits per heavy atom. The minimum Gasteiger partial charge on any atom is -0.459 e. The molecule has 1 N–H and O–H groups in total. The highest BCUT2D eigenvalue weighted by Crippen LogP contribution is 2.33. The van der Waals surface area contributed by atoms with E-state index in [0.29, 0.717) is 12.1 Å². The molecule has 26 heavy (non-hydrogen) atoms. The lowest BCUT2D eigenvalue weighted by Gasteiger charge is -2.11. The Morgan fingerprint density at radius 3 is 2.88 bits per heavy atom. The maximum Gasteiger partial charge on any atom is 0.208 e. The molecule has 3 heterocycles. The quantitative estimate of drug-likeness (QED) is 0.590. The van der Waals surface area contributed by atoms with Crippen molar-refractivity contribution in [1.82, 2.24) is 10.3 Å². The molecule has 0 aliphatic carbocycles. The molecule has 2 aromatic carbocycles. The van der Waals surface area contributed by atoms with Crippen molar-refractivity contribution in [2.45, 2.75) is 22.8 Å². The van der Waals surface area contributed by atoms with Crippen molar-refractivity contribution >= 4 is 31.7 Å². The Bertz CT molecular complexity index is 1250.